The van der Waals surface area contributed by atoms with Crippen molar-refractivity contribution >= 4 is 21.9 Å². The molecule has 0 bridgehead atoms. The smallest absolute Gasteiger partial charge is 0.317 e. The summed E-state index contributed by atoms with van der Waals surface area (Å²) in [6.45, 7) is 1.16. The zero-order valence-electron chi connectivity index (χ0n) is 10.0. The largest absolute Gasteiger partial charge is 0.480 e. The Balaban J connectivity index is 2.74. The van der Waals surface area contributed by atoms with Gasteiger partial charge in [-0.3, -0.25) is 9.69 Å². The molecule has 6 heteroatoms. The Morgan fingerprint density at radius 1 is 1.56 bits per heavy atom. The molecule has 1 rings (SSSR count). The van der Waals surface area contributed by atoms with E-state index in [0.29, 0.717) is 25.3 Å². The lowest BCUT2D eigenvalue weighted by molar-refractivity contribution is -0.138. The second kappa shape index (κ2) is 7.45. The molecule has 0 fully saturated rings. The van der Waals surface area contributed by atoms with Gasteiger partial charge in [0, 0.05) is 24.7 Å². The summed E-state index contributed by atoms with van der Waals surface area (Å²) in [7, 11) is 1.55. The first kappa shape index (κ1) is 15.1. The van der Waals surface area contributed by atoms with E-state index >= 15 is 0 Å². The Morgan fingerprint density at radius 2 is 2.28 bits per heavy atom. The van der Waals surface area contributed by atoms with E-state index in [1.54, 1.807) is 18.1 Å². The van der Waals surface area contributed by atoms with Crippen molar-refractivity contribution in [2.75, 3.05) is 26.8 Å². The van der Waals surface area contributed by atoms with Gasteiger partial charge in [-0.15, -0.1) is 0 Å². The zero-order valence-corrected chi connectivity index (χ0v) is 11.6. The third-order valence-corrected chi connectivity index (χ3v) is 3.15. The van der Waals surface area contributed by atoms with Crippen molar-refractivity contribution in [3.63, 3.8) is 0 Å². The average Bonchev–Trinajstić information content (AvgIpc) is 2.30. The average molecular weight is 320 g/mol. The predicted octanol–water partition coefficient (Wildman–Crippen LogP) is 2.12. The zero-order chi connectivity index (χ0) is 13.5. The van der Waals surface area contributed by atoms with Crippen LogP contribution in [0.3, 0.4) is 0 Å². The van der Waals surface area contributed by atoms with E-state index in [1.165, 1.54) is 12.1 Å². The SMILES string of the molecule is COCCN(CC(=O)O)Cc1cc(F)ccc1Br. The van der Waals surface area contributed by atoms with E-state index in [-0.39, 0.29) is 12.4 Å². The molecule has 0 saturated heterocycles. The summed E-state index contributed by atoms with van der Waals surface area (Å²) in [5.41, 5.74) is 0.715. The van der Waals surface area contributed by atoms with E-state index in [9.17, 15) is 9.18 Å². The maximum absolute atomic E-state index is 13.1. The van der Waals surface area contributed by atoms with Crippen LogP contribution < -0.4 is 0 Å². The van der Waals surface area contributed by atoms with Crippen LogP contribution in [-0.2, 0) is 16.1 Å². The first-order chi connectivity index (χ1) is 8.52. The van der Waals surface area contributed by atoms with Crippen molar-refractivity contribution in [2.45, 2.75) is 6.54 Å². The van der Waals surface area contributed by atoms with Gasteiger partial charge in [0.15, 0.2) is 0 Å². The number of aliphatic carboxylic acids is 1. The molecular weight excluding hydrogens is 305 g/mol. The highest BCUT2D eigenvalue weighted by molar-refractivity contribution is 9.10. The van der Waals surface area contributed by atoms with Crippen LogP contribution in [0.5, 0.6) is 0 Å². The number of rotatable bonds is 7. The predicted molar refractivity (Wildman–Crippen MR) is 68.9 cm³/mol. The fourth-order valence-corrected chi connectivity index (χ4v) is 1.90. The van der Waals surface area contributed by atoms with Crippen LogP contribution in [0.15, 0.2) is 22.7 Å². The van der Waals surface area contributed by atoms with E-state index < -0.39 is 5.97 Å². The number of carboxylic acids is 1. The van der Waals surface area contributed by atoms with Crippen LogP contribution in [-0.4, -0.2) is 42.8 Å². The Hall–Kier alpha value is -0.980. The molecule has 0 atom stereocenters. The van der Waals surface area contributed by atoms with Gasteiger partial charge in [0.1, 0.15) is 5.82 Å². The number of hydrogen-bond acceptors (Lipinski definition) is 3. The lowest BCUT2D eigenvalue weighted by Crippen LogP contribution is -2.32. The molecule has 0 aliphatic carbocycles. The van der Waals surface area contributed by atoms with E-state index in [1.807, 2.05) is 0 Å². The Morgan fingerprint density at radius 3 is 2.89 bits per heavy atom. The van der Waals surface area contributed by atoms with Crippen LogP contribution in [0.1, 0.15) is 5.56 Å². The molecule has 0 heterocycles. The van der Waals surface area contributed by atoms with Crippen molar-refractivity contribution < 1.29 is 19.0 Å². The normalized spacial score (nSPS) is 10.9. The van der Waals surface area contributed by atoms with Crippen molar-refractivity contribution in [1.29, 1.82) is 0 Å². The number of carboxylic acid groups (broad SMARTS) is 1. The molecule has 0 radical (unpaired) electrons. The van der Waals surface area contributed by atoms with E-state index in [4.69, 9.17) is 9.84 Å². The molecule has 1 aromatic rings. The molecule has 0 unspecified atom stereocenters. The summed E-state index contributed by atoms with van der Waals surface area (Å²) in [5.74, 6) is -1.26. The van der Waals surface area contributed by atoms with Gasteiger partial charge in [0.25, 0.3) is 0 Å². The topological polar surface area (TPSA) is 49.8 Å². The number of halogens is 2. The van der Waals surface area contributed by atoms with E-state index in [2.05, 4.69) is 15.9 Å². The molecule has 1 N–H and O–H groups in total. The molecule has 0 amide bonds. The van der Waals surface area contributed by atoms with Gasteiger partial charge in [0.2, 0.25) is 0 Å². The summed E-state index contributed by atoms with van der Waals surface area (Å²) in [4.78, 5) is 12.4. The highest BCUT2D eigenvalue weighted by atomic mass is 79.9. The first-order valence-corrected chi connectivity index (χ1v) is 6.19. The Kier molecular flexibility index (Phi) is 6.24. The molecule has 1 aromatic carbocycles. The van der Waals surface area contributed by atoms with Gasteiger partial charge >= 0.3 is 5.97 Å². The van der Waals surface area contributed by atoms with Crippen LogP contribution in [0.4, 0.5) is 4.39 Å². The first-order valence-electron chi connectivity index (χ1n) is 5.40. The highest BCUT2D eigenvalue weighted by Crippen LogP contribution is 2.19. The van der Waals surface area contributed by atoms with Gasteiger partial charge < -0.3 is 9.84 Å². The van der Waals surface area contributed by atoms with Crippen LogP contribution in [0.2, 0.25) is 0 Å². The molecule has 0 spiro atoms. The second-order valence-corrected chi connectivity index (χ2v) is 4.69. The minimum absolute atomic E-state index is 0.105. The molecule has 18 heavy (non-hydrogen) atoms. The number of ether oxygens (including phenoxy) is 1. The van der Waals surface area contributed by atoms with Crippen molar-refractivity contribution in [1.82, 2.24) is 4.90 Å². The summed E-state index contributed by atoms with van der Waals surface area (Å²) >= 11 is 3.32. The third kappa shape index (κ3) is 5.12. The molecule has 100 valence electrons. The lowest BCUT2D eigenvalue weighted by Gasteiger charge is -2.20. The third-order valence-electron chi connectivity index (χ3n) is 2.37. The fourth-order valence-electron chi connectivity index (χ4n) is 1.53. The van der Waals surface area contributed by atoms with Gasteiger partial charge in [-0.1, -0.05) is 15.9 Å². The van der Waals surface area contributed by atoms with Crippen molar-refractivity contribution in [2.24, 2.45) is 0 Å². The number of methoxy groups -OCH3 is 1. The fraction of sp³-hybridized carbons (Fsp3) is 0.417. The van der Waals surface area contributed by atoms with Crippen LogP contribution in [0, 0.1) is 5.82 Å². The van der Waals surface area contributed by atoms with E-state index in [0.717, 1.165) is 4.47 Å². The number of hydrogen-bond donors (Lipinski definition) is 1. The maximum atomic E-state index is 13.1. The number of carbonyl (C=O) groups is 1. The summed E-state index contributed by atoms with van der Waals surface area (Å²) in [5, 5.41) is 8.82. The Bertz CT molecular complexity index is 414. The minimum Gasteiger partial charge on any atom is -0.480 e. The van der Waals surface area contributed by atoms with Gasteiger partial charge in [-0.05, 0) is 23.8 Å². The van der Waals surface area contributed by atoms with Gasteiger partial charge in [-0.25, -0.2) is 4.39 Å². The number of nitrogens with zero attached hydrogens (tertiary/aromatic N) is 1. The van der Waals surface area contributed by atoms with Gasteiger partial charge in [0.05, 0.1) is 13.2 Å². The molecule has 0 aromatic heterocycles. The van der Waals surface area contributed by atoms with Crippen LogP contribution >= 0.6 is 15.9 Å². The van der Waals surface area contributed by atoms with Crippen LogP contribution in [0.25, 0.3) is 0 Å². The Labute approximate surface area is 113 Å². The summed E-state index contributed by atoms with van der Waals surface area (Å²) in [6, 6.07) is 4.36. The standard InChI is InChI=1S/C12H15BrFNO3/c1-18-5-4-15(8-12(16)17)7-9-6-10(14)2-3-11(9)13/h2-3,6H,4-5,7-8H2,1H3,(H,16,17). The molecule has 4 nitrogen and oxygen atoms in total. The van der Waals surface area contributed by atoms with Gasteiger partial charge in [-0.2, -0.15) is 0 Å². The quantitative estimate of drug-likeness (QED) is 0.836. The molecule has 0 saturated carbocycles. The van der Waals surface area contributed by atoms with Crippen molar-refractivity contribution in [3.8, 4) is 0 Å². The summed E-state index contributed by atoms with van der Waals surface area (Å²) in [6.07, 6.45) is 0. The highest BCUT2D eigenvalue weighted by Gasteiger charge is 2.12. The lowest BCUT2D eigenvalue weighted by atomic mass is 10.2. The van der Waals surface area contributed by atoms with Crippen molar-refractivity contribution in [3.05, 3.63) is 34.1 Å². The molecular formula is C12H15BrFNO3. The number of benzene rings is 1. The maximum Gasteiger partial charge on any atom is 0.317 e. The monoisotopic (exact) mass is 319 g/mol. The molecule has 0 aliphatic rings. The summed E-state index contributed by atoms with van der Waals surface area (Å²) < 4.78 is 18.8. The minimum atomic E-state index is -0.918. The second-order valence-electron chi connectivity index (χ2n) is 3.83. The molecule has 0 aliphatic heterocycles.